The molecule has 0 radical (unpaired) electrons. The molecule has 0 bridgehead atoms. The molecule has 0 aliphatic rings. The largest absolute Gasteiger partial charge is 0.307 e. The van der Waals surface area contributed by atoms with Crippen LogP contribution in [0.3, 0.4) is 0 Å². The van der Waals surface area contributed by atoms with Gasteiger partial charge in [0.2, 0.25) is 0 Å². The molecule has 11 heavy (non-hydrogen) atoms. The molecule has 0 aliphatic carbocycles. The molecule has 64 valence electrons. The van der Waals surface area contributed by atoms with Gasteiger partial charge in [0.25, 0.3) is 0 Å². The molecule has 0 spiro atoms. The highest BCUT2D eigenvalue weighted by Crippen LogP contribution is 2.02. The molecule has 0 amide bonds. The van der Waals surface area contributed by atoms with Crippen molar-refractivity contribution in [2.75, 3.05) is 7.05 Å². The first-order chi connectivity index (χ1) is 5.20. The Balaban J connectivity index is 3.76. The highest BCUT2D eigenvalue weighted by molar-refractivity contribution is 5.06. The number of hydrogen-bond donors (Lipinski definition) is 1. The van der Waals surface area contributed by atoms with Crippen LogP contribution in [0.4, 0.5) is 0 Å². The van der Waals surface area contributed by atoms with E-state index in [1.54, 1.807) is 0 Å². The molecule has 0 aromatic heterocycles. The second-order valence-corrected chi connectivity index (χ2v) is 3.15. The molecule has 1 heteroatoms. The highest BCUT2D eigenvalue weighted by atomic mass is 14.9. The molecule has 0 saturated carbocycles. The lowest BCUT2D eigenvalue weighted by Gasteiger charge is -2.11. The maximum atomic E-state index is 3.19. The van der Waals surface area contributed by atoms with Gasteiger partial charge in [-0.3, -0.25) is 0 Å². The molecule has 1 atom stereocenters. The summed E-state index contributed by atoms with van der Waals surface area (Å²) in [5.41, 5.74) is 0. The van der Waals surface area contributed by atoms with Crippen LogP contribution in [0.1, 0.15) is 33.6 Å². The fraction of sp³-hybridized carbons (Fsp3) is 0.800. The van der Waals surface area contributed by atoms with Gasteiger partial charge in [0, 0.05) is 6.42 Å². The van der Waals surface area contributed by atoms with Crippen molar-refractivity contribution in [3.63, 3.8) is 0 Å². The summed E-state index contributed by atoms with van der Waals surface area (Å²) in [5.74, 6) is 7.00. The minimum absolute atomic E-state index is 0.384. The first kappa shape index (κ1) is 10.5. The smallest absolute Gasteiger partial charge is 0.0689 e. The molecule has 0 aromatic rings. The summed E-state index contributed by atoms with van der Waals surface area (Å²) in [4.78, 5) is 0. The van der Waals surface area contributed by atoms with Crippen LogP contribution >= 0.6 is 0 Å². The Morgan fingerprint density at radius 2 is 2.00 bits per heavy atom. The summed E-state index contributed by atoms with van der Waals surface area (Å²) in [6.07, 6.45) is 2.10. The SMILES string of the molecule is CCC#CC(CC(C)C)NC. The second-order valence-electron chi connectivity index (χ2n) is 3.15. The van der Waals surface area contributed by atoms with Crippen molar-refractivity contribution < 1.29 is 0 Å². The Hall–Kier alpha value is -0.480. The van der Waals surface area contributed by atoms with E-state index < -0.39 is 0 Å². The molecular formula is C10H19N. The van der Waals surface area contributed by atoms with Crippen LogP contribution in [0.5, 0.6) is 0 Å². The Bertz CT molecular complexity index is 139. The van der Waals surface area contributed by atoms with Crippen molar-refractivity contribution >= 4 is 0 Å². The van der Waals surface area contributed by atoms with Crippen molar-refractivity contribution in [3.05, 3.63) is 0 Å². The van der Waals surface area contributed by atoms with Crippen LogP contribution in [-0.2, 0) is 0 Å². The summed E-state index contributed by atoms with van der Waals surface area (Å²) < 4.78 is 0. The monoisotopic (exact) mass is 153 g/mol. The van der Waals surface area contributed by atoms with Gasteiger partial charge in [-0.15, -0.1) is 5.92 Å². The molecule has 0 rings (SSSR count). The van der Waals surface area contributed by atoms with Gasteiger partial charge in [0.05, 0.1) is 6.04 Å². The third kappa shape index (κ3) is 5.94. The maximum absolute atomic E-state index is 3.19. The van der Waals surface area contributed by atoms with Gasteiger partial charge >= 0.3 is 0 Å². The zero-order valence-corrected chi connectivity index (χ0v) is 8.07. The first-order valence-electron chi connectivity index (χ1n) is 4.36. The molecule has 0 heterocycles. The predicted octanol–water partition coefficient (Wildman–Crippen LogP) is 2.03. The summed E-state index contributed by atoms with van der Waals surface area (Å²) in [7, 11) is 1.97. The topological polar surface area (TPSA) is 12.0 Å². The van der Waals surface area contributed by atoms with E-state index in [2.05, 4.69) is 37.9 Å². The Kier molecular flexibility index (Phi) is 5.97. The van der Waals surface area contributed by atoms with E-state index in [1.807, 2.05) is 7.05 Å². The molecule has 1 nitrogen and oxygen atoms in total. The van der Waals surface area contributed by atoms with Crippen molar-refractivity contribution in [1.82, 2.24) is 5.32 Å². The van der Waals surface area contributed by atoms with Gasteiger partial charge in [-0.25, -0.2) is 0 Å². The van der Waals surface area contributed by atoms with Crippen molar-refractivity contribution in [3.8, 4) is 11.8 Å². The fourth-order valence-corrected chi connectivity index (χ4v) is 0.946. The predicted molar refractivity (Wildman–Crippen MR) is 50.4 cm³/mol. The van der Waals surface area contributed by atoms with E-state index >= 15 is 0 Å². The normalized spacial score (nSPS) is 12.5. The average molecular weight is 153 g/mol. The van der Waals surface area contributed by atoms with Crippen LogP contribution < -0.4 is 5.32 Å². The minimum atomic E-state index is 0.384. The number of hydrogen-bond acceptors (Lipinski definition) is 1. The Labute approximate surface area is 70.6 Å². The second kappa shape index (κ2) is 6.24. The molecule has 0 aromatic carbocycles. The van der Waals surface area contributed by atoms with Gasteiger partial charge in [0.15, 0.2) is 0 Å². The lowest BCUT2D eigenvalue weighted by Crippen LogP contribution is -2.24. The maximum Gasteiger partial charge on any atom is 0.0689 e. The lowest BCUT2D eigenvalue weighted by molar-refractivity contribution is 0.509. The van der Waals surface area contributed by atoms with E-state index in [4.69, 9.17) is 0 Å². The fourth-order valence-electron chi connectivity index (χ4n) is 0.946. The molecule has 0 saturated heterocycles. The number of nitrogens with one attached hydrogen (secondary N) is 1. The Morgan fingerprint density at radius 1 is 1.36 bits per heavy atom. The molecular weight excluding hydrogens is 134 g/mol. The summed E-state index contributed by atoms with van der Waals surface area (Å²) in [6, 6.07) is 0.384. The average Bonchev–Trinajstić information content (AvgIpc) is 1.97. The van der Waals surface area contributed by atoms with Crippen molar-refractivity contribution in [1.29, 1.82) is 0 Å². The molecule has 0 aliphatic heterocycles. The van der Waals surface area contributed by atoms with Crippen LogP contribution in [0.25, 0.3) is 0 Å². The summed E-state index contributed by atoms with van der Waals surface area (Å²) >= 11 is 0. The van der Waals surface area contributed by atoms with Gasteiger partial charge in [-0.2, -0.15) is 0 Å². The van der Waals surface area contributed by atoms with Crippen LogP contribution in [0.2, 0.25) is 0 Å². The van der Waals surface area contributed by atoms with Crippen LogP contribution in [0.15, 0.2) is 0 Å². The van der Waals surface area contributed by atoms with Crippen molar-refractivity contribution in [2.24, 2.45) is 5.92 Å². The van der Waals surface area contributed by atoms with E-state index in [-0.39, 0.29) is 0 Å². The molecule has 1 N–H and O–H groups in total. The third-order valence-electron chi connectivity index (χ3n) is 1.51. The zero-order valence-electron chi connectivity index (χ0n) is 8.07. The standard InChI is InChI=1S/C10H19N/c1-5-6-7-10(11-4)8-9(2)3/h9-11H,5,8H2,1-4H3. The van der Waals surface area contributed by atoms with Gasteiger partial charge in [0.1, 0.15) is 0 Å². The highest BCUT2D eigenvalue weighted by Gasteiger charge is 2.03. The Morgan fingerprint density at radius 3 is 2.36 bits per heavy atom. The zero-order chi connectivity index (χ0) is 8.69. The summed E-state index contributed by atoms with van der Waals surface area (Å²) in [6.45, 7) is 6.52. The molecule has 0 fully saturated rings. The van der Waals surface area contributed by atoms with Crippen LogP contribution in [-0.4, -0.2) is 13.1 Å². The third-order valence-corrected chi connectivity index (χ3v) is 1.51. The lowest BCUT2D eigenvalue weighted by atomic mass is 10.0. The van der Waals surface area contributed by atoms with E-state index in [0.29, 0.717) is 6.04 Å². The molecule has 1 unspecified atom stereocenters. The van der Waals surface area contributed by atoms with Gasteiger partial charge in [-0.1, -0.05) is 26.7 Å². The summed E-state index contributed by atoms with van der Waals surface area (Å²) in [5, 5.41) is 3.19. The van der Waals surface area contributed by atoms with E-state index in [1.165, 1.54) is 0 Å². The van der Waals surface area contributed by atoms with Crippen molar-refractivity contribution in [2.45, 2.75) is 39.7 Å². The van der Waals surface area contributed by atoms with Gasteiger partial charge < -0.3 is 5.32 Å². The number of rotatable bonds is 3. The minimum Gasteiger partial charge on any atom is -0.307 e. The van der Waals surface area contributed by atoms with E-state index in [0.717, 1.165) is 18.8 Å². The quantitative estimate of drug-likeness (QED) is 0.612. The van der Waals surface area contributed by atoms with E-state index in [9.17, 15) is 0 Å². The van der Waals surface area contributed by atoms with Gasteiger partial charge in [-0.05, 0) is 19.4 Å². The first-order valence-corrected chi connectivity index (χ1v) is 4.36. The van der Waals surface area contributed by atoms with Crippen LogP contribution in [0, 0.1) is 17.8 Å².